The summed E-state index contributed by atoms with van der Waals surface area (Å²) in [7, 11) is -3.13. The first kappa shape index (κ1) is 17.0. The van der Waals surface area contributed by atoms with Crippen molar-refractivity contribution in [3.63, 3.8) is 0 Å². The van der Waals surface area contributed by atoms with Crippen molar-refractivity contribution in [1.82, 2.24) is 0 Å². The summed E-state index contributed by atoms with van der Waals surface area (Å²) in [5.41, 5.74) is 0. The number of rotatable bonds is 7. The maximum absolute atomic E-state index is 9.63. The van der Waals surface area contributed by atoms with E-state index in [2.05, 4.69) is 17.1 Å². The monoisotopic (exact) mass is 241 g/mol. The van der Waals surface area contributed by atoms with E-state index in [1.807, 2.05) is 6.92 Å². The van der Waals surface area contributed by atoms with Crippen molar-refractivity contribution in [3.8, 4) is 0 Å². The van der Waals surface area contributed by atoms with Crippen LogP contribution in [0.3, 0.4) is 0 Å². The lowest BCUT2D eigenvalue weighted by atomic mass is 10.1. The molecule has 0 bridgehead atoms. The summed E-state index contributed by atoms with van der Waals surface area (Å²) in [5.74, 6) is 0. The fraction of sp³-hybridized carbons (Fsp3) is 1.00. The molecule has 0 aliphatic heterocycles. The van der Waals surface area contributed by atoms with Gasteiger partial charge in [0.2, 0.25) is 0 Å². The molecule has 0 heterocycles. The molecule has 7 heteroatoms. The molecule has 0 radical (unpaired) electrons. The average Bonchev–Trinajstić information content (AvgIpc) is 2.12. The van der Waals surface area contributed by atoms with Gasteiger partial charge in [0.1, 0.15) is 6.10 Å². The van der Waals surface area contributed by atoms with Gasteiger partial charge in [0, 0.05) is 0 Å². The number of nitrogens with zero attached hydrogens (tertiary/aromatic N) is 1. The van der Waals surface area contributed by atoms with Gasteiger partial charge in [-0.1, -0.05) is 26.2 Å². The topological polar surface area (TPSA) is 96.2 Å². The van der Waals surface area contributed by atoms with Gasteiger partial charge in [0.15, 0.2) is 5.34 Å². The van der Waals surface area contributed by atoms with Crippen molar-refractivity contribution < 1.29 is 19.2 Å². The molecule has 15 heavy (non-hydrogen) atoms. The van der Waals surface area contributed by atoms with Crippen LogP contribution in [-0.4, -0.2) is 15.9 Å². The average molecular weight is 241 g/mol. The third-order valence-electron chi connectivity index (χ3n) is 1.69. The Morgan fingerprint density at radius 2 is 1.87 bits per heavy atom. The summed E-state index contributed by atoms with van der Waals surface area (Å²) >= 11 is 0. The fourth-order valence-electron chi connectivity index (χ4n) is 0.985. The van der Waals surface area contributed by atoms with Crippen LogP contribution in [0.5, 0.6) is 0 Å². The van der Waals surface area contributed by atoms with E-state index in [9.17, 15) is 4.91 Å². The highest BCUT2D eigenvalue weighted by Gasteiger charge is 2.00. The number of hydrogen-bond donors (Lipinski definition) is 2. The molecule has 0 aromatic carbocycles. The van der Waals surface area contributed by atoms with Crippen LogP contribution in [-0.2, 0) is 9.40 Å². The first-order valence-corrected chi connectivity index (χ1v) is 6.25. The van der Waals surface area contributed by atoms with Crippen molar-refractivity contribution in [2.75, 3.05) is 0 Å². The Labute approximate surface area is 90.5 Å². The third kappa shape index (κ3) is 24.7. The Bertz CT molecular complexity index is 163. The smallest absolute Gasteiger partial charge is 0.314 e. The fourth-order valence-corrected chi connectivity index (χ4v) is 0.985. The first-order valence-electron chi connectivity index (χ1n) is 4.94. The van der Waals surface area contributed by atoms with Crippen LogP contribution < -0.4 is 0 Å². The minimum atomic E-state index is -3.13. The molecule has 6 nitrogen and oxygen atoms in total. The SMILES string of the molecule is CCCCCCC(C)ON=O.O=[PH](O)O. The van der Waals surface area contributed by atoms with E-state index in [0.29, 0.717) is 0 Å². The maximum Gasteiger partial charge on any atom is 0.314 e. The molecule has 0 aliphatic rings. The van der Waals surface area contributed by atoms with Gasteiger partial charge >= 0.3 is 8.25 Å². The van der Waals surface area contributed by atoms with Crippen molar-refractivity contribution in [3.05, 3.63) is 4.91 Å². The molecule has 0 aromatic heterocycles. The van der Waals surface area contributed by atoms with Crippen LogP contribution in [0.15, 0.2) is 5.34 Å². The van der Waals surface area contributed by atoms with E-state index in [1.165, 1.54) is 19.3 Å². The lowest BCUT2D eigenvalue weighted by molar-refractivity contribution is 0.0607. The third-order valence-corrected chi connectivity index (χ3v) is 1.69. The highest BCUT2D eigenvalue weighted by atomic mass is 31.1. The predicted octanol–water partition coefficient (Wildman–Crippen LogP) is 2.40. The van der Waals surface area contributed by atoms with Gasteiger partial charge in [0.25, 0.3) is 0 Å². The largest absolute Gasteiger partial charge is 0.361 e. The molecule has 1 unspecified atom stereocenters. The highest BCUT2D eigenvalue weighted by molar-refractivity contribution is 7.30. The zero-order valence-electron chi connectivity index (χ0n) is 9.18. The molecule has 0 fully saturated rings. The Morgan fingerprint density at radius 3 is 2.27 bits per heavy atom. The molecule has 0 rings (SSSR count). The van der Waals surface area contributed by atoms with E-state index in [4.69, 9.17) is 14.4 Å². The second kappa shape index (κ2) is 13.5. The normalized spacial score (nSPS) is 11.5. The molecule has 92 valence electrons. The minimum Gasteiger partial charge on any atom is -0.361 e. The Hall–Kier alpha value is -0.450. The second-order valence-corrected chi connectivity index (χ2v) is 3.69. The van der Waals surface area contributed by atoms with Crippen LogP contribution in [0.2, 0.25) is 0 Å². The van der Waals surface area contributed by atoms with E-state index in [1.54, 1.807) is 0 Å². The van der Waals surface area contributed by atoms with Crippen LogP contribution in [0.4, 0.5) is 0 Å². The molecule has 0 amide bonds. The van der Waals surface area contributed by atoms with E-state index >= 15 is 0 Å². The lowest BCUT2D eigenvalue weighted by Gasteiger charge is -2.05. The van der Waals surface area contributed by atoms with Crippen molar-refractivity contribution in [1.29, 1.82) is 0 Å². The van der Waals surface area contributed by atoms with Gasteiger partial charge in [-0.3, -0.25) is 4.57 Å². The summed E-state index contributed by atoms with van der Waals surface area (Å²) in [6, 6.07) is 0. The van der Waals surface area contributed by atoms with Gasteiger partial charge in [-0.25, -0.2) is 0 Å². The van der Waals surface area contributed by atoms with Gasteiger partial charge in [-0.15, -0.1) is 4.91 Å². The molecule has 1 atom stereocenters. The van der Waals surface area contributed by atoms with Gasteiger partial charge < -0.3 is 14.6 Å². The Morgan fingerprint density at radius 1 is 1.33 bits per heavy atom. The van der Waals surface area contributed by atoms with Crippen LogP contribution in [0, 0.1) is 4.91 Å². The Kier molecular flexibility index (Phi) is 15.3. The van der Waals surface area contributed by atoms with Gasteiger partial charge in [-0.05, 0) is 19.8 Å². The van der Waals surface area contributed by atoms with Gasteiger partial charge in [0.05, 0.1) is 0 Å². The summed E-state index contributed by atoms with van der Waals surface area (Å²) in [5, 5.41) is 2.38. The molecular weight excluding hydrogens is 221 g/mol. The van der Waals surface area contributed by atoms with Crippen LogP contribution >= 0.6 is 8.25 Å². The maximum atomic E-state index is 9.63. The summed E-state index contributed by atoms with van der Waals surface area (Å²) < 4.78 is 8.74. The van der Waals surface area contributed by atoms with Crippen molar-refractivity contribution in [2.24, 2.45) is 5.34 Å². The van der Waals surface area contributed by atoms with Gasteiger partial charge in [-0.2, -0.15) is 0 Å². The van der Waals surface area contributed by atoms with Crippen molar-refractivity contribution >= 4 is 8.25 Å². The first-order chi connectivity index (χ1) is 7.04. The second-order valence-electron chi connectivity index (χ2n) is 3.12. The molecule has 2 N–H and O–H groups in total. The van der Waals surface area contributed by atoms with Crippen molar-refractivity contribution in [2.45, 2.75) is 52.1 Å². The number of unbranched alkanes of at least 4 members (excludes halogenated alkanes) is 3. The predicted molar refractivity (Wildman–Crippen MR) is 58.5 cm³/mol. The zero-order valence-corrected chi connectivity index (χ0v) is 10.2. The quantitative estimate of drug-likeness (QED) is 0.309. The molecule has 0 aliphatic carbocycles. The minimum absolute atomic E-state index is 0.00986. The summed E-state index contributed by atoms with van der Waals surface area (Å²) in [6.07, 6.45) is 5.78. The standard InChI is InChI=1S/C8H17NO2.H3O3P/c1-3-4-5-6-7-8(2)11-9-10;1-4(2)3/h8H,3-7H2,1-2H3;4H,(H2,1,2,3). The number of hydrogen-bond acceptors (Lipinski definition) is 4. The molecular formula is C8H20NO5P. The molecule has 0 spiro atoms. The summed E-state index contributed by atoms with van der Waals surface area (Å²) in [4.78, 5) is 28.4. The van der Waals surface area contributed by atoms with Crippen LogP contribution in [0.25, 0.3) is 0 Å². The molecule has 0 saturated heterocycles. The molecule has 0 saturated carbocycles. The molecule has 0 aromatic rings. The zero-order chi connectivity index (χ0) is 12.1. The lowest BCUT2D eigenvalue weighted by Crippen LogP contribution is -2.02. The van der Waals surface area contributed by atoms with E-state index in [-0.39, 0.29) is 6.10 Å². The highest BCUT2D eigenvalue weighted by Crippen LogP contribution is 2.07. The Balaban J connectivity index is 0. The van der Waals surface area contributed by atoms with E-state index in [0.717, 1.165) is 12.8 Å². The van der Waals surface area contributed by atoms with E-state index < -0.39 is 8.25 Å². The summed E-state index contributed by atoms with van der Waals surface area (Å²) in [6.45, 7) is 4.04. The van der Waals surface area contributed by atoms with Crippen LogP contribution in [0.1, 0.15) is 46.0 Å².